The molecule has 6 atom stereocenters. The summed E-state index contributed by atoms with van der Waals surface area (Å²) in [7, 11) is 0. The Kier molecular flexibility index (Phi) is 5.19. The summed E-state index contributed by atoms with van der Waals surface area (Å²) in [4.78, 5) is 25.5. The lowest BCUT2D eigenvalue weighted by molar-refractivity contribution is -0.158. The van der Waals surface area contributed by atoms with Crippen molar-refractivity contribution in [3.05, 3.63) is 23.8 Å². The molecule has 1 spiro atoms. The van der Waals surface area contributed by atoms with E-state index in [4.69, 9.17) is 4.74 Å². The number of carbonyl (C=O) groups is 2. The molecule has 0 amide bonds. The van der Waals surface area contributed by atoms with Crippen molar-refractivity contribution in [3.63, 3.8) is 0 Å². The van der Waals surface area contributed by atoms with Crippen molar-refractivity contribution in [2.45, 2.75) is 71.5 Å². The van der Waals surface area contributed by atoms with E-state index < -0.39 is 17.6 Å². The van der Waals surface area contributed by atoms with E-state index in [1.54, 1.807) is 6.92 Å². The summed E-state index contributed by atoms with van der Waals surface area (Å²) in [5.74, 6) is 0.324. The van der Waals surface area contributed by atoms with Crippen molar-refractivity contribution in [2.24, 2.45) is 23.2 Å². The molecule has 138 valence electrons. The first kappa shape index (κ1) is 18.4. The third-order valence-electron chi connectivity index (χ3n) is 6.52. The van der Waals surface area contributed by atoms with Gasteiger partial charge < -0.3 is 9.84 Å². The second kappa shape index (κ2) is 7.06. The van der Waals surface area contributed by atoms with E-state index in [9.17, 15) is 14.7 Å². The highest BCUT2D eigenvalue weighted by Crippen LogP contribution is 2.55. The van der Waals surface area contributed by atoms with Gasteiger partial charge in [-0.05, 0) is 51.4 Å². The lowest BCUT2D eigenvalue weighted by Gasteiger charge is -2.50. The van der Waals surface area contributed by atoms with Gasteiger partial charge in [0.05, 0.1) is 11.5 Å². The van der Waals surface area contributed by atoms with Crippen molar-refractivity contribution >= 4 is 11.8 Å². The Morgan fingerprint density at radius 3 is 2.76 bits per heavy atom. The van der Waals surface area contributed by atoms with Gasteiger partial charge in [0.15, 0.2) is 0 Å². The normalized spacial score (nSPS) is 42.5. The Hall–Kier alpha value is -1.42. The van der Waals surface area contributed by atoms with Crippen molar-refractivity contribution in [3.8, 4) is 0 Å². The van der Waals surface area contributed by atoms with Gasteiger partial charge in [0.2, 0.25) is 0 Å². The van der Waals surface area contributed by atoms with Crippen LogP contribution in [0.1, 0.15) is 59.3 Å². The van der Waals surface area contributed by atoms with Gasteiger partial charge >= 0.3 is 5.97 Å². The molecule has 0 saturated heterocycles. The molecular formula is C21H30O4. The van der Waals surface area contributed by atoms with Gasteiger partial charge in [-0.2, -0.15) is 0 Å². The second-order valence-electron chi connectivity index (χ2n) is 8.09. The number of carbonyl (C=O) groups excluding carboxylic acids is 2. The highest BCUT2D eigenvalue weighted by Gasteiger charge is 2.53. The van der Waals surface area contributed by atoms with E-state index in [0.29, 0.717) is 31.0 Å². The Bertz CT molecular complexity index is 603. The van der Waals surface area contributed by atoms with Gasteiger partial charge in [-0.1, -0.05) is 30.7 Å². The number of hydrogen-bond donors (Lipinski definition) is 1. The van der Waals surface area contributed by atoms with Crippen molar-refractivity contribution < 1.29 is 19.4 Å². The second-order valence-corrected chi connectivity index (χ2v) is 8.09. The lowest BCUT2D eigenvalue weighted by atomic mass is 9.52. The summed E-state index contributed by atoms with van der Waals surface area (Å²) in [5.41, 5.74) is 0.634. The Balaban J connectivity index is 2.10. The maximum atomic E-state index is 13.2. The minimum absolute atomic E-state index is 0.0677. The van der Waals surface area contributed by atoms with E-state index >= 15 is 0 Å². The van der Waals surface area contributed by atoms with Crippen LogP contribution in [0.15, 0.2) is 23.8 Å². The Morgan fingerprint density at radius 1 is 1.28 bits per heavy atom. The largest absolute Gasteiger partial charge is 0.459 e. The van der Waals surface area contributed by atoms with Crippen LogP contribution < -0.4 is 0 Å². The number of ketones is 1. The maximum Gasteiger partial charge on any atom is 0.306 e. The predicted molar refractivity (Wildman–Crippen MR) is 95.7 cm³/mol. The van der Waals surface area contributed by atoms with E-state index in [0.717, 1.165) is 24.8 Å². The molecule has 1 saturated carbocycles. The van der Waals surface area contributed by atoms with Crippen LogP contribution >= 0.6 is 0 Å². The first-order valence-electron chi connectivity index (χ1n) is 9.63. The molecule has 25 heavy (non-hydrogen) atoms. The summed E-state index contributed by atoms with van der Waals surface area (Å²) in [6, 6.07) is 0. The zero-order chi connectivity index (χ0) is 18.2. The minimum atomic E-state index is -0.736. The first-order chi connectivity index (χ1) is 11.9. The number of ether oxygens (including phenoxy) is 1. The third-order valence-corrected chi connectivity index (χ3v) is 6.52. The number of hydrogen-bond acceptors (Lipinski definition) is 4. The molecule has 1 heterocycles. The third kappa shape index (κ3) is 3.10. The van der Waals surface area contributed by atoms with Crippen LogP contribution in [0.2, 0.25) is 0 Å². The van der Waals surface area contributed by atoms with E-state index in [1.807, 2.05) is 6.92 Å². The van der Waals surface area contributed by atoms with Crippen LogP contribution in [-0.4, -0.2) is 29.1 Å². The highest BCUT2D eigenvalue weighted by molar-refractivity contribution is 5.90. The molecule has 1 fully saturated rings. The number of cyclic esters (lactones) is 1. The van der Waals surface area contributed by atoms with Gasteiger partial charge in [0.1, 0.15) is 11.9 Å². The molecular weight excluding hydrogens is 316 g/mol. The molecule has 3 aliphatic rings. The minimum Gasteiger partial charge on any atom is -0.459 e. The molecule has 3 rings (SSSR count). The van der Waals surface area contributed by atoms with Gasteiger partial charge in [-0.3, -0.25) is 9.59 Å². The topological polar surface area (TPSA) is 63.6 Å². The van der Waals surface area contributed by atoms with Crippen LogP contribution in [-0.2, 0) is 14.3 Å². The van der Waals surface area contributed by atoms with E-state index in [1.165, 1.54) is 0 Å². The standard InChI is InChI=1S/C21H30O4/c1-13-12-14(2)21-16(8-5-9-18(21)23)6-4-7-17(21)10-11-19(24)25-20(13)15(3)22/h4,7,12-13,15-17,20,22H,5-6,8-11H2,1-3H3/b14-12+. The molecule has 4 nitrogen and oxygen atoms in total. The van der Waals surface area contributed by atoms with E-state index in [2.05, 4.69) is 25.2 Å². The summed E-state index contributed by atoms with van der Waals surface area (Å²) in [6.45, 7) is 5.69. The molecule has 0 bridgehead atoms. The first-order valence-corrected chi connectivity index (χ1v) is 9.63. The fourth-order valence-electron chi connectivity index (χ4n) is 5.46. The summed E-state index contributed by atoms with van der Waals surface area (Å²) >= 11 is 0. The lowest BCUT2D eigenvalue weighted by Crippen LogP contribution is -2.50. The SMILES string of the molecule is C/C1=C\C(C)C(C(C)O)OC(=O)CCC2C=CCC3CCCC(=O)C123. The molecule has 0 aromatic heterocycles. The number of Topliss-reactive ketones (excluding diaryl/α,β-unsaturated/α-hetero) is 1. The number of allylic oxidation sites excluding steroid dienone is 3. The summed E-state index contributed by atoms with van der Waals surface area (Å²) < 4.78 is 5.55. The van der Waals surface area contributed by atoms with Crippen molar-refractivity contribution in [2.75, 3.05) is 0 Å². The molecule has 1 N–H and O–H groups in total. The molecule has 0 radical (unpaired) electrons. The summed E-state index contributed by atoms with van der Waals surface area (Å²) in [6.07, 6.45) is 9.65. The van der Waals surface area contributed by atoms with Crippen LogP contribution in [0.3, 0.4) is 0 Å². The van der Waals surface area contributed by atoms with Crippen LogP contribution in [0, 0.1) is 23.2 Å². The van der Waals surface area contributed by atoms with Crippen LogP contribution in [0.5, 0.6) is 0 Å². The number of rotatable bonds is 1. The average Bonchev–Trinajstić information content (AvgIpc) is 2.56. The van der Waals surface area contributed by atoms with Gasteiger partial charge in [0.25, 0.3) is 0 Å². The highest BCUT2D eigenvalue weighted by atomic mass is 16.6. The molecule has 4 heteroatoms. The van der Waals surface area contributed by atoms with Crippen LogP contribution in [0.4, 0.5) is 0 Å². The van der Waals surface area contributed by atoms with Gasteiger partial charge in [-0.25, -0.2) is 0 Å². The fourth-order valence-corrected chi connectivity index (χ4v) is 5.46. The molecule has 0 aromatic carbocycles. The van der Waals surface area contributed by atoms with E-state index in [-0.39, 0.29) is 17.8 Å². The molecule has 1 aliphatic heterocycles. The van der Waals surface area contributed by atoms with Gasteiger partial charge in [0, 0.05) is 18.8 Å². The summed E-state index contributed by atoms with van der Waals surface area (Å²) in [5, 5.41) is 10.1. The maximum absolute atomic E-state index is 13.2. The zero-order valence-corrected chi connectivity index (χ0v) is 15.5. The number of aliphatic hydroxyl groups is 1. The quantitative estimate of drug-likeness (QED) is 0.582. The Morgan fingerprint density at radius 2 is 2.04 bits per heavy atom. The number of aliphatic hydroxyl groups excluding tert-OH is 1. The van der Waals surface area contributed by atoms with Crippen molar-refractivity contribution in [1.29, 1.82) is 0 Å². The molecule has 2 aliphatic carbocycles. The predicted octanol–water partition coefficient (Wildman–Crippen LogP) is 3.59. The smallest absolute Gasteiger partial charge is 0.306 e. The van der Waals surface area contributed by atoms with Crippen molar-refractivity contribution in [1.82, 2.24) is 0 Å². The van der Waals surface area contributed by atoms with Gasteiger partial charge in [-0.15, -0.1) is 0 Å². The molecule has 0 aromatic rings. The van der Waals surface area contributed by atoms with Crippen LogP contribution in [0.25, 0.3) is 0 Å². The average molecular weight is 346 g/mol. The molecule has 6 unspecified atom stereocenters. The zero-order valence-electron chi connectivity index (χ0n) is 15.5. The monoisotopic (exact) mass is 346 g/mol. The number of esters is 1. The Labute approximate surface area is 150 Å². The fraction of sp³-hybridized carbons (Fsp3) is 0.714.